The number of benzene rings is 1. The minimum absolute atomic E-state index is 0.0334. The van der Waals surface area contributed by atoms with E-state index in [0.717, 1.165) is 0 Å². The maximum atomic E-state index is 11.8. The molecule has 0 aliphatic heterocycles. The largest absolute Gasteiger partial charge is 0.382 e. The van der Waals surface area contributed by atoms with Gasteiger partial charge in [-0.05, 0) is 25.5 Å². The van der Waals surface area contributed by atoms with Crippen LogP contribution in [0.5, 0.6) is 0 Å². The van der Waals surface area contributed by atoms with Crippen LogP contribution < -0.4 is 5.32 Å². The zero-order valence-corrected chi connectivity index (χ0v) is 11.3. The van der Waals surface area contributed by atoms with E-state index in [1.54, 1.807) is 0 Å². The lowest BCUT2D eigenvalue weighted by Crippen LogP contribution is -2.26. The zero-order chi connectivity index (χ0) is 14.3. The molecule has 104 valence electrons. The van der Waals surface area contributed by atoms with Gasteiger partial charge in [0.25, 0.3) is 5.91 Å². The number of carbonyl (C=O) groups excluding carboxylic acids is 1. The molecule has 0 unspecified atom stereocenters. The van der Waals surface area contributed by atoms with E-state index in [0.29, 0.717) is 26.2 Å². The van der Waals surface area contributed by atoms with Crippen LogP contribution in [0, 0.1) is 10.1 Å². The maximum absolute atomic E-state index is 11.8. The average Bonchev–Trinajstić information content (AvgIpc) is 2.37. The van der Waals surface area contributed by atoms with Gasteiger partial charge in [0, 0.05) is 19.8 Å². The predicted octanol–water partition coefficient (Wildman–Crippen LogP) is 2.40. The SMILES string of the molecule is CCOCCCNC(=O)c1cccc(Cl)c1[N+](=O)[O-]. The molecular weight excluding hydrogens is 272 g/mol. The number of ether oxygens (including phenoxy) is 1. The monoisotopic (exact) mass is 286 g/mol. The summed E-state index contributed by atoms with van der Waals surface area (Å²) in [6.45, 7) is 3.43. The van der Waals surface area contributed by atoms with Crippen molar-refractivity contribution in [2.75, 3.05) is 19.8 Å². The average molecular weight is 287 g/mol. The van der Waals surface area contributed by atoms with E-state index in [1.165, 1.54) is 18.2 Å². The highest BCUT2D eigenvalue weighted by Gasteiger charge is 2.23. The first kappa shape index (κ1) is 15.4. The van der Waals surface area contributed by atoms with Gasteiger partial charge in [-0.15, -0.1) is 0 Å². The highest BCUT2D eigenvalue weighted by molar-refractivity contribution is 6.33. The van der Waals surface area contributed by atoms with E-state index >= 15 is 0 Å². The van der Waals surface area contributed by atoms with E-state index in [-0.39, 0.29) is 16.3 Å². The Bertz CT molecular complexity index is 465. The van der Waals surface area contributed by atoms with Gasteiger partial charge < -0.3 is 10.1 Å². The number of amides is 1. The molecule has 0 spiro atoms. The van der Waals surface area contributed by atoms with Crippen molar-refractivity contribution in [1.82, 2.24) is 5.32 Å². The fourth-order valence-electron chi connectivity index (χ4n) is 1.50. The van der Waals surface area contributed by atoms with Gasteiger partial charge in [-0.1, -0.05) is 17.7 Å². The third-order valence-corrected chi connectivity index (χ3v) is 2.67. The number of carbonyl (C=O) groups is 1. The lowest BCUT2D eigenvalue weighted by Gasteiger charge is -2.06. The molecule has 0 radical (unpaired) electrons. The first-order chi connectivity index (χ1) is 9.07. The summed E-state index contributed by atoms with van der Waals surface area (Å²) in [5.74, 6) is -0.509. The summed E-state index contributed by atoms with van der Waals surface area (Å²) in [7, 11) is 0. The van der Waals surface area contributed by atoms with Gasteiger partial charge in [0.2, 0.25) is 0 Å². The molecular formula is C12H15ClN2O4. The zero-order valence-electron chi connectivity index (χ0n) is 10.5. The lowest BCUT2D eigenvalue weighted by atomic mass is 10.1. The van der Waals surface area contributed by atoms with E-state index in [2.05, 4.69) is 5.32 Å². The standard InChI is InChI=1S/C12H15ClN2O4/c1-2-19-8-4-7-14-12(16)9-5-3-6-10(13)11(9)15(17)18/h3,5-6H,2,4,7-8H2,1H3,(H,14,16). The van der Waals surface area contributed by atoms with Gasteiger partial charge in [0.1, 0.15) is 10.6 Å². The molecule has 7 heteroatoms. The maximum Gasteiger partial charge on any atom is 0.300 e. The molecule has 0 saturated carbocycles. The summed E-state index contributed by atoms with van der Waals surface area (Å²) in [6, 6.07) is 4.26. The van der Waals surface area contributed by atoms with Crippen LogP contribution in [0.25, 0.3) is 0 Å². The van der Waals surface area contributed by atoms with Crippen LogP contribution in [0.4, 0.5) is 5.69 Å². The molecule has 0 aliphatic rings. The van der Waals surface area contributed by atoms with Gasteiger partial charge in [-0.2, -0.15) is 0 Å². The summed E-state index contributed by atoms with van der Waals surface area (Å²) in [5.41, 5.74) is -0.402. The number of halogens is 1. The van der Waals surface area contributed by atoms with Gasteiger partial charge in [0.05, 0.1) is 4.92 Å². The fraction of sp³-hybridized carbons (Fsp3) is 0.417. The Kier molecular flexibility index (Phi) is 6.24. The topological polar surface area (TPSA) is 81.5 Å². The quantitative estimate of drug-likeness (QED) is 0.474. The number of nitro benzene ring substituents is 1. The number of para-hydroxylation sites is 1. The molecule has 1 N–H and O–H groups in total. The Morgan fingerprint density at radius 2 is 2.26 bits per heavy atom. The van der Waals surface area contributed by atoms with Crippen LogP contribution in [0.15, 0.2) is 18.2 Å². The third kappa shape index (κ3) is 4.50. The van der Waals surface area contributed by atoms with Crippen LogP contribution in [0.2, 0.25) is 5.02 Å². The fourth-order valence-corrected chi connectivity index (χ4v) is 1.74. The predicted molar refractivity (Wildman–Crippen MR) is 71.5 cm³/mol. The molecule has 1 amide bonds. The number of hydrogen-bond acceptors (Lipinski definition) is 4. The number of nitro groups is 1. The lowest BCUT2D eigenvalue weighted by molar-refractivity contribution is -0.385. The molecule has 1 aromatic rings. The van der Waals surface area contributed by atoms with Crippen molar-refractivity contribution in [1.29, 1.82) is 0 Å². The second-order valence-electron chi connectivity index (χ2n) is 3.70. The number of rotatable bonds is 7. The normalized spacial score (nSPS) is 10.2. The second-order valence-corrected chi connectivity index (χ2v) is 4.11. The van der Waals surface area contributed by atoms with Crippen molar-refractivity contribution >= 4 is 23.2 Å². The van der Waals surface area contributed by atoms with Gasteiger partial charge >= 0.3 is 5.69 Å². The molecule has 0 aromatic heterocycles. The van der Waals surface area contributed by atoms with Gasteiger partial charge in [-0.25, -0.2) is 0 Å². The van der Waals surface area contributed by atoms with Crippen LogP contribution >= 0.6 is 11.6 Å². The molecule has 6 nitrogen and oxygen atoms in total. The molecule has 0 heterocycles. The van der Waals surface area contributed by atoms with Gasteiger partial charge in [-0.3, -0.25) is 14.9 Å². The third-order valence-electron chi connectivity index (χ3n) is 2.37. The summed E-state index contributed by atoms with van der Waals surface area (Å²) >= 11 is 5.73. The Balaban J connectivity index is 2.67. The van der Waals surface area contributed by atoms with Crippen LogP contribution in [0.1, 0.15) is 23.7 Å². The molecule has 1 aromatic carbocycles. The molecule has 0 fully saturated rings. The minimum Gasteiger partial charge on any atom is -0.382 e. The summed E-state index contributed by atoms with van der Waals surface area (Å²) < 4.78 is 5.12. The molecule has 19 heavy (non-hydrogen) atoms. The van der Waals surface area contributed by atoms with E-state index in [4.69, 9.17) is 16.3 Å². The Morgan fingerprint density at radius 3 is 2.89 bits per heavy atom. The number of nitrogens with one attached hydrogen (secondary N) is 1. The first-order valence-electron chi connectivity index (χ1n) is 5.86. The number of nitrogens with zero attached hydrogens (tertiary/aromatic N) is 1. The van der Waals surface area contributed by atoms with Gasteiger partial charge in [0.15, 0.2) is 0 Å². The highest BCUT2D eigenvalue weighted by Crippen LogP contribution is 2.27. The number of hydrogen-bond donors (Lipinski definition) is 1. The van der Waals surface area contributed by atoms with Crippen LogP contribution in [-0.4, -0.2) is 30.6 Å². The van der Waals surface area contributed by atoms with Crippen molar-refractivity contribution in [2.45, 2.75) is 13.3 Å². The van der Waals surface area contributed by atoms with Crippen molar-refractivity contribution in [2.24, 2.45) is 0 Å². The van der Waals surface area contributed by atoms with E-state index < -0.39 is 10.8 Å². The van der Waals surface area contributed by atoms with Crippen molar-refractivity contribution in [3.63, 3.8) is 0 Å². The Hall–Kier alpha value is -1.66. The first-order valence-corrected chi connectivity index (χ1v) is 6.24. The summed E-state index contributed by atoms with van der Waals surface area (Å²) in [4.78, 5) is 22.1. The molecule has 0 saturated heterocycles. The molecule has 0 atom stereocenters. The minimum atomic E-state index is -0.655. The van der Waals surface area contributed by atoms with E-state index in [1.807, 2.05) is 6.92 Å². The van der Waals surface area contributed by atoms with E-state index in [9.17, 15) is 14.9 Å². The molecule has 1 rings (SSSR count). The van der Waals surface area contributed by atoms with Crippen molar-refractivity contribution in [3.8, 4) is 0 Å². The van der Waals surface area contributed by atoms with Crippen molar-refractivity contribution in [3.05, 3.63) is 38.9 Å². The van der Waals surface area contributed by atoms with Crippen molar-refractivity contribution < 1.29 is 14.5 Å². The smallest absolute Gasteiger partial charge is 0.300 e. The second kappa shape index (κ2) is 7.70. The Morgan fingerprint density at radius 1 is 1.53 bits per heavy atom. The highest BCUT2D eigenvalue weighted by atomic mass is 35.5. The van der Waals surface area contributed by atoms with Crippen LogP contribution in [-0.2, 0) is 4.74 Å². The summed E-state index contributed by atoms with van der Waals surface area (Å²) in [5, 5.41) is 13.4. The molecule has 0 aliphatic carbocycles. The summed E-state index contributed by atoms with van der Waals surface area (Å²) in [6.07, 6.45) is 0.647. The van der Waals surface area contributed by atoms with Crippen LogP contribution in [0.3, 0.4) is 0 Å². The Labute approximate surface area is 115 Å². The molecule has 0 bridgehead atoms.